The van der Waals surface area contributed by atoms with E-state index >= 15 is 0 Å². The quantitative estimate of drug-likeness (QED) is 0.353. The van der Waals surface area contributed by atoms with E-state index in [1.165, 1.54) is 11.0 Å². The molecular weight excluding hydrogens is 429 g/mol. The summed E-state index contributed by atoms with van der Waals surface area (Å²) < 4.78 is 25.9. The molecular formula is C22H28FN7O3. The summed E-state index contributed by atoms with van der Waals surface area (Å²) in [6.45, 7) is 5.33. The number of fused-ring (bicyclic) bond motifs is 1. The topological polar surface area (TPSA) is 128 Å². The van der Waals surface area contributed by atoms with Crippen molar-refractivity contribution in [1.82, 2.24) is 25.2 Å². The van der Waals surface area contributed by atoms with Crippen molar-refractivity contribution in [2.24, 2.45) is 0 Å². The van der Waals surface area contributed by atoms with Gasteiger partial charge in [0.25, 0.3) is 0 Å². The lowest BCUT2D eigenvalue weighted by atomic mass is 10.1. The minimum Gasteiger partial charge on any atom is -0.469 e. The molecule has 4 rings (SSSR count). The van der Waals surface area contributed by atoms with Crippen LogP contribution in [0.25, 0.3) is 11.0 Å². The van der Waals surface area contributed by atoms with E-state index in [0.29, 0.717) is 36.5 Å². The fourth-order valence-corrected chi connectivity index (χ4v) is 3.85. The predicted octanol–water partition coefficient (Wildman–Crippen LogP) is 2.13. The molecule has 2 aliphatic rings. The fraction of sp³-hybridized carbons (Fsp3) is 0.455. The minimum atomic E-state index is -1.24. The molecule has 10 nitrogen and oxygen atoms in total. The molecule has 1 amide bonds. The average molecular weight is 458 g/mol. The summed E-state index contributed by atoms with van der Waals surface area (Å²) >= 11 is 0. The molecule has 2 fully saturated rings. The Kier molecular flexibility index (Phi) is 7.18. The highest BCUT2D eigenvalue weighted by Gasteiger charge is 2.33. The number of likely N-dealkylation sites (tertiary alicyclic amines) is 1. The Morgan fingerprint density at radius 3 is 2.94 bits per heavy atom. The minimum absolute atomic E-state index is 0.103. The molecule has 2 atom stereocenters. The van der Waals surface area contributed by atoms with E-state index in [0.717, 1.165) is 19.1 Å². The van der Waals surface area contributed by atoms with Crippen LogP contribution in [0.5, 0.6) is 5.88 Å². The van der Waals surface area contributed by atoms with Gasteiger partial charge in [-0.1, -0.05) is 6.58 Å². The van der Waals surface area contributed by atoms with Gasteiger partial charge in [0.2, 0.25) is 17.7 Å². The number of hydrogen-bond donors (Lipinski definition) is 4. The van der Waals surface area contributed by atoms with Crippen molar-refractivity contribution in [3.05, 3.63) is 36.8 Å². The largest absolute Gasteiger partial charge is 0.469 e. The highest BCUT2D eigenvalue weighted by atomic mass is 19.1. The van der Waals surface area contributed by atoms with Gasteiger partial charge in [-0.2, -0.15) is 9.97 Å². The molecule has 33 heavy (non-hydrogen) atoms. The summed E-state index contributed by atoms with van der Waals surface area (Å²) in [7, 11) is 0. The van der Waals surface area contributed by atoms with Gasteiger partial charge in [0, 0.05) is 44.4 Å². The number of H-pyrrole nitrogens is 1. The summed E-state index contributed by atoms with van der Waals surface area (Å²) in [4.78, 5) is 25.4. The lowest BCUT2D eigenvalue weighted by Gasteiger charge is -2.34. The third kappa shape index (κ3) is 5.48. The Morgan fingerprint density at radius 2 is 2.18 bits per heavy atom. The first kappa shape index (κ1) is 22.7. The van der Waals surface area contributed by atoms with Gasteiger partial charge in [-0.15, -0.1) is 0 Å². The number of ether oxygens (including phenoxy) is 2. The molecule has 2 saturated heterocycles. The number of aromatic nitrogens is 3. The van der Waals surface area contributed by atoms with Crippen molar-refractivity contribution in [2.45, 2.75) is 37.6 Å². The Balaban J connectivity index is 1.52. The molecule has 176 valence electrons. The molecule has 0 aliphatic carbocycles. The molecule has 2 aromatic heterocycles. The smallest absolute Gasteiger partial charge is 0.246 e. The Bertz CT molecular complexity index is 1030. The van der Waals surface area contributed by atoms with Crippen molar-refractivity contribution in [3.63, 3.8) is 0 Å². The van der Waals surface area contributed by atoms with Crippen molar-refractivity contribution < 1.29 is 18.7 Å². The van der Waals surface area contributed by atoms with Crippen molar-refractivity contribution in [2.75, 3.05) is 31.6 Å². The van der Waals surface area contributed by atoms with Crippen molar-refractivity contribution in [3.8, 4) is 5.88 Å². The summed E-state index contributed by atoms with van der Waals surface area (Å²) in [5, 5.41) is 14.6. The second-order valence-corrected chi connectivity index (χ2v) is 7.96. The zero-order valence-corrected chi connectivity index (χ0v) is 18.2. The number of piperidine rings is 1. The number of nitrogens with one attached hydrogen (secondary N) is 4. The molecule has 2 aliphatic heterocycles. The number of alkyl halides is 1. The van der Waals surface area contributed by atoms with Crippen LogP contribution in [0.3, 0.4) is 0 Å². The Hall–Kier alpha value is -3.47. The van der Waals surface area contributed by atoms with Gasteiger partial charge >= 0.3 is 0 Å². The molecule has 4 N–H and O–H groups in total. The van der Waals surface area contributed by atoms with Gasteiger partial charge in [0.05, 0.1) is 17.6 Å². The highest BCUT2D eigenvalue weighted by molar-refractivity contribution is 5.87. The third-order valence-electron chi connectivity index (χ3n) is 5.72. The van der Waals surface area contributed by atoms with Gasteiger partial charge in [0.1, 0.15) is 17.9 Å². The van der Waals surface area contributed by atoms with E-state index < -0.39 is 12.3 Å². The van der Waals surface area contributed by atoms with Crippen LogP contribution in [0.4, 0.5) is 10.3 Å². The number of amides is 1. The van der Waals surface area contributed by atoms with E-state index in [2.05, 4.69) is 32.2 Å². The number of carbonyl (C=O) groups excluding carboxylic acids is 1. The summed E-state index contributed by atoms with van der Waals surface area (Å²) in [5.41, 5.74) is 0.969. The number of aromatic amines is 1. The van der Waals surface area contributed by atoms with Crippen LogP contribution in [0.15, 0.2) is 36.8 Å². The second-order valence-electron chi connectivity index (χ2n) is 7.96. The van der Waals surface area contributed by atoms with Gasteiger partial charge < -0.3 is 35.4 Å². The van der Waals surface area contributed by atoms with Gasteiger partial charge in [-0.3, -0.25) is 4.79 Å². The Morgan fingerprint density at radius 1 is 1.36 bits per heavy atom. The van der Waals surface area contributed by atoms with Crippen molar-refractivity contribution >= 4 is 29.1 Å². The average Bonchev–Trinajstić information content (AvgIpc) is 3.32. The van der Waals surface area contributed by atoms with E-state index in [1.54, 1.807) is 18.5 Å². The second kappa shape index (κ2) is 10.4. The first-order valence-corrected chi connectivity index (χ1v) is 11.0. The number of anilines is 1. The molecule has 2 aromatic rings. The summed E-state index contributed by atoms with van der Waals surface area (Å²) in [5.74, 6) is 0.143. The number of hydrogen-bond acceptors (Lipinski definition) is 8. The summed E-state index contributed by atoms with van der Waals surface area (Å²) in [6.07, 6.45) is 5.63. The van der Waals surface area contributed by atoms with Crippen LogP contribution in [-0.2, 0) is 9.53 Å². The highest BCUT2D eigenvalue weighted by Crippen LogP contribution is 2.27. The molecule has 0 saturated carbocycles. The monoisotopic (exact) mass is 457 g/mol. The van der Waals surface area contributed by atoms with Crippen LogP contribution in [0, 0.1) is 5.41 Å². The Labute approximate surface area is 190 Å². The van der Waals surface area contributed by atoms with Gasteiger partial charge in [-0.25, -0.2) is 4.39 Å². The lowest BCUT2D eigenvalue weighted by molar-refractivity contribution is -0.130. The van der Waals surface area contributed by atoms with Crippen molar-refractivity contribution in [1.29, 1.82) is 5.41 Å². The molecule has 0 radical (unpaired) electrons. The molecule has 0 aromatic carbocycles. The maximum atomic E-state index is 14.6. The number of nitrogens with zero attached hydrogens (tertiary/aromatic N) is 3. The lowest BCUT2D eigenvalue weighted by Crippen LogP contribution is -2.49. The van der Waals surface area contributed by atoms with E-state index in [9.17, 15) is 9.18 Å². The van der Waals surface area contributed by atoms with Crippen LogP contribution in [0.1, 0.15) is 19.3 Å². The maximum absolute atomic E-state index is 14.6. The number of carbonyl (C=O) groups is 1. The first-order chi connectivity index (χ1) is 16.1. The maximum Gasteiger partial charge on any atom is 0.246 e. The van der Waals surface area contributed by atoms with E-state index in [4.69, 9.17) is 14.9 Å². The van der Waals surface area contributed by atoms with Crippen LogP contribution < -0.4 is 15.4 Å². The molecule has 4 heterocycles. The van der Waals surface area contributed by atoms with Crippen LogP contribution in [0.2, 0.25) is 0 Å². The van der Waals surface area contributed by atoms with Crippen LogP contribution in [-0.4, -0.2) is 76.6 Å². The third-order valence-corrected chi connectivity index (χ3v) is 5.72. The SMILES string of the molecule is C=CC(=O)N1CC[C@H](F)C(Oc2nc(N/C(C=N)=C/NC3CCOCC3)nc3[nH]ccc23)C1. The van der Waals surface area contributed by atoms with E-state index in [1.807, 2.05) is 0 Å². The van der Waals surface area contributed by atoms with Gasteiger partial charge in [0.15, 0.2) is 0 Å². The molecule has 1 unspecified atom stereocenters. The number of halogens is 1. The van der Waals surface area contributed by atoms with Gasteiger partial charge in [-0.05, 0) is 31.4 Å². The number of rotatable bonds is 8. The molecule has 0 spiro atoms. The molecule has 0 bridgehead atoms. The first-order valence-electron chi connectivity index (χ1n) is 11.0. The predicted molar refractivity (Wildman–Crippen MR) is 122 cm³/mol. The molecule has 11 heteroatoms. The number of allylic oxidation sites excluding steroid dienone is 1. The standard InChI is InChI=1S/C22H28FN7O3/c1-2-19(31)30-8-4-17(23)18(13-30)33-21-16-3-7-25-20(16)28-22(29-21)27-15(11-24)12-26-14-5-9-32-10-6-14/h2-3,7,11-12,14,17-18,24,26H,1,4-6,8-10,13H2,(H2,25,27,28,29)/b15-12+,24-11?/t17-,18?/m0/s1. The fourth-order valence-electron chi connectivity index (χ4n) is 3.85. The normalized spacial score (nSPS) is 22.1. The zero-order valence-electron chi connectivity index (χ0n) is 18.2. The van der Waals surface area contributed by atoms with Crippen LogP contribution >= 0.6 is 0 Å². The summed E-state index contributed by atoms with van der Waals surface area (Å²) in [6, 6.07) is 2.02. The van der Waals surface area contributed by atoms with E-state index in [-0.39, 0.29) is 36.7 Å². The zero-order chi connectivity index (χ0) is 23.2.